The Morgan fingerprint density at radius 3 is 2.68 bits per heavy atom. The summed E-state index contributed by atoms with van der Waals surface area (Å²) in [6.07, 6.45) is 1.61. The minimum Gasteiger partial charge on any atom is -0.260 e. The van der Waals surface area contributed by atoms with Crippen molar-refractivity contribution in [3.8, 4) is 0 Å². The van der Waals surface area contributed by atoms with Crippen LogP contribution in [0.15, 0.2) is 52.0 Å². The molecule has 0 atom stereocenters. The molecule has 4 nitrogen and oxygen atoms in total. The maximum absolute atomic E-state index is 12.1. The van der Waals surface area contributed by atoms with Crippen LogP contribution < -0.4 is 4.72 Å². The molecule has 100 valence electrons. The number of pyridine rings is 1. The van der Waals surface area contributed by atoms with E-state index in [2.05, 4.69) is 25.6 Å². The highest BCUT2D eigenvalue weighted by molar-refractivity contribution is 9.10. The predicted octanol–water partition coefficient (Wildman–Crippen LogP) is 2.98. The van der Waals surface area contributed by atoms with E-state index in [1.54, 1.807) is 30.5 Å². The van der Waals surface area contributed by atoms with Gasteiger partial charge in [-0.3, -0.25) is 4.98 Å². The van der Waals surface area contributed by atoms with Crippen LogP contribution in [-0.2, 0) is 16.6 Å². The Bertz CT molecular complexity index is 677. The molecule has 0 fully saturated rings. The van der Waals surface area contributed by atoms with Crippen LogP contribution in [0.2, 0.25) is 5.02 Å². The van der Waals surface area contributed by atoms with Gasteiger partial charge < -0.3 is 0 Å². The molecule has 0 amide bonds. The molecule has 0 aliphatic rings. The molecule has 1 aromatic heterocycles. The summed E-state index contributed by atoms with van der Waals surface area (Å²) in [5, 5.41) is 0.169. The van der Waals surface area contributed by atoms with E-state index in [1.165, 1.54) is 12.1 Å². The first-order valence-corrected chi connectivity index (χ1v) is 7.99. The van der Waals surface area contributed by atoms with Crippen molar-refractivity contribution in [1.29, 1.82) is 0 Å². The van der Waals surface area contributed by atoms with Crippen LogP contribution in [0, 0.1) is 0 Å². The first-order valence-electron chi connectivity index (χ1n) is 5.34. The van der Waals surface area contributed by atoms with E-state index in [9.17, 15) is 8.42 Å². The van der Waals surface area contributed by atoms with Crippen LogP contribution in [0.3, 0.4) is 0 Å². The second-order valence-electron chi connectivity index (χ2n) is 3.72. The topological polar surface area (TPSA) is 59.1 Å². The fourth-order valence-corrected chi connectivity index (χ4v) is 3.48. The van der Waals surface area contributed by atoms with Crippen molar-refractivity contribution in [3.63, 3.8) is 0 Å². The number of nitrogens with zero attached hydrogens (tertiary/aromatic N) is 1. The molecule has 1 N–H and O–H groups in total. The van der Waals surface area contributed by atoms with E-state index in [-0.39, 0.29) is 16.5 Å². The lowest BCUT2D eigenvalue weighted by atomic mass is 10.4. The second kappa shape index (κ2) is 6.00. The van der Waals surface area contributed by atoms with Crippen LogP contribution in [-0.4, -0.2) is 13.4 Å². The molecule has 0 radical (unpaired) electrons. The molecule has 0 spiro atoms. The average Bonchev–Trinajstić information content (AvgIpc) is 2.37. The van der Waals surface area contributed by atoms with Gasteiger partial charge in [0.15, 0.2) is 0 Å². The molecule has 0 bridgehead atoms. The summed E-state index contributed by atoms with van der Waals surface area (Å²) in [6.45, 7) is 0.121. The smallest absolute Gasteiger partial charge is 0.242 e. The van der Waals surface area contributed by atoms with Crippen molar-refractivity contribution in [2.75, 3.05) is 0 Å². The van der Waals surface area contributed by atoms with Crippen molar-refractivity contribution in [2.24, 2.45) is 0 Å². The minimum absolute atomic E-state index is 0.0493. The molecule has 1 aromatic carbocycles. The Balaban J connectivity index is 2.19. The standard InChI is InChI=1S/C12H10BrClN2O2S/c13-9-4-5-12(11(14)7-9)19(17,18)16-8-10-3-1-2-6-15-10/h1-7,16H,8H2. The zero-order valence-corrected chi connectivity index (χ0v) is 12.8. The SMILES string of the molecule is O=S(=O)(NCc1ccccn1)c1ccc(Br)cc1Cl. The number of aromatic nitrogens is 1. The minimum atomic E-state index is -3.65. The number of hydrogen-bond acceptors (Lipinski definition) is 3. The lowest BCUT2D eigenvalue weighted by molar-refractivity contribution is 0.580. The molecule has 19 heavy (non-hydrogen) atoms. The molecule has 1 heterocycles. The molecule has 2 aromatic rings. The lowest BCUT2D eigenvalue weighted by Gasteiger charge is -2.08. The number of nitrogens with one attached hydrogen (secondary N) is 1. The van der Waals surface area contributed by atoms with Gasteiger partial charge in [-0.25, -0.2) is 13.1 Å². The van der Waals surface area contributed by atoms with Crippen LogP contribution in [0.5, 0.6) is 0 Å². The van der Waals surface area contributed by atoms with Gasteiger partial charge in [-0.2, -0.15) is 0 Å². The van der Waals surface area contributed by atoms with E-state index in [4.69, 9.17) is 11.6 Å². The lowest BCUT2D eigenvalue weighted by Crippen LogP contribution is -2.24. The van der Waals surface area contributed by atoms with Crippen LogP contribution >= 0.6 is 27.5 Å². The fraction of sp³-hybridized carbons (Fsp3) is 0.0833. The molecule has 7 heteroatoms. The van der Waals surface area contributed by atoms with Crippen molar-refractivity contribution in [1.82, 2.24) is 9.71 Å². The Kier molecular flexibility index (Phi) is 4.57. The van der Waals surface area contributed by atoms with Crippen molar-refractivity contribution >= 4 is 37.6 Å². The molecular weight excluding hydrogens is 352 g/mol. The summed E-state index contributed by atoms with van der Waals surface area (Å²) in [5.41, 5.74) is 0.638. The third-order valence-electron chi connectivity index (χ3n) is 2.35. The summed E-state index contributed by atoms with van der Waals surface area (Å²) < 4.78 is 27.4. The molecule has 0 aliphatic carbocycles. The van der Waals surface area contributed by atoms with Gasteiger partial charge >= 0.3 is 0 Å². The molecule has 0 aliphatic heterocycles. The number of benzene rings is 1. The highest BCUT2D eigenvalue weighted by Gasteiger charge is 2.17. The summed E-state index contributed by atoms with van der Waals surface area (Å²) >= 11 is 9.16. The zero-order chi connectivity index (χ0) is 13.9. The predicted molar refractivity (Wildman–Crippen MR) is 77.4 cm³/mol. The first kappa shape index (κ1) is 14.5. The average molecular weight is 362 g/mol. The van der Waals surface area contributed by atoms with Gasteiger partial charge in [-0.1, -0.05) is 33.6 Å². The largest absolute Gasteiger partial charge is 0.260 e. The molecule has 2 rings (SSSR count). The van der Waals surface area contributed by atoms with Crippen LogP contribution in [0.25, 0.3) is 0 Å². The third kappa shape index (κ3) is 3.76. The van der Waals surface area contributed by atoms with Crippen LogP contribution in [0.4, 0.5) is 0 Å². The van der Waals surface area contributed by atoms with E-state index in [1.807, 2.05) is 0 Å². The Hall–Kier alpha value is -0.950. The van der Waals surface area contributed by atoms with Gasteiger partial charge in [-0.15, -0.1) is 0 Å². The van der Waals surface area contributed by atoms with Gasteiger partial charge in [0, 0.05) is 10.7 Å². The van der Waals surface area contributed by atoms with Gasteiger partial charge in [0.1, 0.15) is 4.90 Å². The van der Waals surface area contributed by atoms with E-state index in [0.29, 0.717) is 5.69 Å². The van der Waals surface area contributed by atoms with Crippen LogP contribution in [0.1, 0.15) is 5.69 Å². The Labute approximate surface area is 125 Å². The summed E-state index contributed by atoms with van der Waals surface area (Å²) in [6, 6.07) is 9.92. The normalized spacial score (nSPS) is 11.5. The zero-order valence-electron chi connectivity index (χ0n) is 9.68. The third-order valence-corrected chi connectivity index (χ3v) is 4.73. The Morgan fingerprint density at radius 2 is 2.05 bits per heavy atom. The van der Waals surface area contributed by atoms with Gasteiger partial charge in [0.05, 0.1) is 17.3 Å². The van der Waals surface area contributed by atoms with Crippen molar-refractivity contribution in [2.45, 2.75) is 11.4 Å². The quantitative estimate of drug-likeness (QED) is 0.911. The van der Waals surface area contributed by atoms with Gasteiger partial charge in [0.25, 0.3) is 0 Å². The summed E-state index contributed by atoms with van der Waals surface area (Å²) in [4.78, 5) is 4.09. The number of rotatable bonds is 4. The highest BCUT2D eigenvalue weighted by Crippen LogP contribution is 2.25. The van der Waals surface area contributed by atoms with Crippen molar-refractivity contribution < 1.29 is 8.42 Å². The van der Waals surface area contributed by atoms with E-state index in [0.717, 1.165) is 4.47 Å². The Morgan fingerprint density at radius 1 is 1.26 bits per heavy atom. The maximum Gasteiger partial charge on any atom is 0.242 e. The summed E-state index contributed by atoms with van der Waals surface area (Å²) in [5.74, 6) is 0. The molecule has 0 unspecified atom stereocenters. The fourth-order valence-electron chi connectivity index (χ4n) is 1.44. The highest BCUT2D eigenvalue weighted by atomic mass is 79.9. The first-order chi connectivity index (χ1) is 8.99. The molecular formula is C12H10BrClN2O2S. The van der Waals surface area contributed by atoms with Gasteiger partial charge in [0.2, 0.25) is 10.0 Å². The number of hydrogen-bond donors (Lipinski definition) is 1. The van der Waals surface area contributed by atoms with E-state index >= 15 is 0 Å². The van der Waals surface area contributed by atoms with Crippen molar-refractivity contribution in [3.05, 3.63) is 57.8 Å². The maximum atomic E-state index is 12.1. The number of sulfonamides is 1. The van der Waals surface area contributed by atoms with Gasteiger partial charge in [-0.05, 0) is 30.3 Å². The second-order valence-corrected chi connectivity index (χ2v) is 6.78. The van der Waals surface area contributed by atoms with E-state index < -0.39 is 10.0 Å². The molecule has 0 saturated carbocycles. The monoisotopic (exact) mass is 360 g/mol. The summed E-state index contributed by atoms with van der Waals surface area (Å²) in [7, 11) is -3.65. The number of halogens is 2. The molecule has 0 saturated heterocycles.